The quantitative estimate of drug-likeness (QED) is 0.707. The van der Waals surface area contributed by atoms with Gasteiger partial charge in [0, 0.05) is 36.9 Å². The third kappa shape index (κ3) is 2.25. The van der Waals surface area contributed by atoms with Gasteiger partial charge >= 0.3 is 0 Å². The molecule has 3 aromatic rings. The van der Waals surface area contributed by atoms with Gasteiger partial charge in [-0.3, -0.25) is 4.98 Å². The first-order valence-corrected chi connectivity index (χ1v) is 6.65. The van der Waals surface area contributed by atoms with Gasteiger partial charge in [0.2, 0.25) is 0 Å². The van der Waals surface area contributed by atoms with Crippen LogP contribution in [0, 0.1) is 0 Å². The third-order valence-corrected chi connectivity index (χ3v) is 3.54. The fourth-order valence-electron chi connectivity index (χ4n) is 2.38. The third-order valence-electron chi connectivity index (χ3n) is 3.54. The Hall–Kier alpha value is -2.75. The van der Waals surface area contributed by atoms with Gasteiger partial charge in [0.25, 0.3) is 0 Å². The molecule has 4 nitrogen and oxygen atoms in total. The highest BCUT2D eigenvalue weighted by atomic mass is 16.3. The predicted molar refractivity (Wildman–Crippen MR) is 84.8 cm³/mol. The molecule has 1 heterocycles. The molecule has 0 fully saturated rings. The Balaban J connectivity index is 2.18. The molecule has 3 rings (SSSR count). The predicted octanol–water partition coefficient (Wildman–Crippen LogP) is 3.38. The zero-order chi connectivity index (χ0) is 15.0. The summed E-state index contributed by atoms with van der Waals surface area (Å²) in [6, 6.07) is 12.8. The van der Waals surface area contributed by atoms with Gasteiger partial charge in [0.1, 0.15) is 17.0 Å². The van der Waals surface area contributed by atoms with Crippen molar-refractivity contribution in [3.05, 3.63) is 48.7 Å². The topological polar surface area (TPSA) is 56.6 Å². The number of aromatic nitrogens is 1. The van der Waals surface area contributed by atoms with Crippen LogP contribution in [0.1, 0.15) is 0 Å². The van der Waals surface area contributed by atoms with Gasteiger partial charge in [0.05, 0.1) is 0 Å². The fourth-order valence-corrected chi connectivity index (χ4v) is 2.38. The number of phenolic OH excluding ortho intramolecular Hbond substituents is 2. The van der Waals surface area contributed by atoms with Crippen LogP contribution in [0.2, 0.25) is 0 Å². The Labute approximate surface area is 122 Å². The van der Waals surface area contributed by atoms with E-state index in [1.807, 2.05) is 43.3 Å². The van der Waals surface area contributed by atoms with Crippen LogP contribution in [-0.2, 0) is 0 Å². The van der Waals surface area contributed by atoms with Crippen molar-refractivity contribution >= 4 is 16.6 Å². The molecule has 0 aliphatic heterocycles. The van der Waals surface area contributed by atoms with Crippen molar-refractivity contribution in [1.82, 2.24) is 4.98 Å². The van der Waals surface area contributed by atoms with Crippen molar-refractivity contribution in [2.24, 2.45) is 0 Å². The Bertz CT molecular complexity index is 796. The minimum atomic E-state index is 0.0649. The molecule has 0 saturated heterocycles. The molecule has 0 saturated carbocycles. The minimum absolute atomic E-state index is 0.0649. The van der Waals surface area contributed by atoms with E-state index >= 15 is 0 Å². The average molecular weight is 280 g/mol. The van der Waals surface area contributed by atoms with Gasteiger partial charge in [-0.25, -0.2) is 0 Å². The number of anilines is 1. The monoisotopic (exact) mass is 280 g/mol. The maximum absolute atomic E-state index is 10.4. The Morgan fingerprint density at radius 2 is 1.71 bits per heavy atom. The molecule has 0 aliphatic rings. The molecule has 4 heteroatoms. The van der Waals surface area contributed by atoms with E-state index < -0.39 is 0 Å². The van der Waals surface area contributed by atoms with Gasteiger partial charge in [-0.1, -0.05) is 12.1 Å². The first-order chi connectivity index (χ1) is 10.1. The number of hydrogen-bond acceptors (Lipinski definition) is 4. The lowest BCUT2D eigenvalue weighted by Gasteiger charge is -2.14. The number of benzene rings is 2. The second-order valence-electron chi connectivity index (χ2n) is 5.13. The molecule has 0 atom stereocenters. The van der Waals surface area contributed by atoms with Crippen LogP contribution >= 0.6 is 0 Å². The fraction of sp³-hybridized carbons (Fsp3) is 0.118. The van der Waals surface area contributed by atoms with Crippen molar-refractivity contribution in [1.29, 1.82) is 0 Å². The standard InChI is InChI=1S/C17H16N2O2/c1-19(2)12-7-5-11(6-8-12)14-10-15(20)16-13(17(14)21)4-3-9-18-16/h3-10,20-21H,1-2H3. The maximum Gasteiger partial charge on any atom is 0.142 e. The van der Waals surface area contributed by atoms with E-state index in [0.29, 0.717) is 16.5 Å². The van der Waals surface area contributed by atoms with Gasteiger partial charge in [-0.2, -0.15) is 0 Å². The lowest BCUT2D eigenvalue weighted by Crippen LogP contribution is -2.07. The number of hydrogen-bond donors (Lipinski definition) is 2. The maximum atomic E-state index is 10.4. The lowest BCUT2D eigenvalue weighted by molar-refractivity contribution is 0.470. The van der Waals surface area contributed by atoms with Gasteiger partial charge in [0.15, 0.2) is 0 Å². The second-order valence-corrected chi connectivity index (χ2v) is 5.13. The smallest absolute Gasteiger partial charge is 0.142 e. The first-order valence-electron chi connectivity index (χ1n) is 6.65. The average Bonchev–Trinajstić information content (AvgIpc) is 2.51. The molecular formula is C17H16N2O2. The van der Waals surface area contributed by atoms with Crippen LogP contribution in [-0.4, -0.2) is 29.3 Å². The zero-order valence-corrected chi connectivity index (χ0v) is 11.9. The van der Waals surface area contributed by atoms with Crippen LogP contribution in [0.3, 0.4) is 0 Å². The number of rotatable bonds is 2. The molecule has 2 N–H and O–H groups in total. The summed E-state index contributed by atoms with van der Waals surface area (Å²) in [7, 11) is 3.94. The van der Waals surface area contributed by atoms with E-state index in [2.05, 4.69) is 4.98 Å². The van der Waals surface area contributed by atoms with Crippen molar-refractivity contribution in [3.8, 4) is 22.6 Å². The van der Waals surface area contributed by atoms with E-state index in [0.717, 1.165) is 11.3 Å². The van der Waals surface area contributed by atoms with Crippen molar-refractivity contribution < 1.29 is 10.2 Å². The van der Waals surface area contributed by atoms with Crippen LogP contribution in [0.5, 0.6) is 11.5 Å². The molecule has 106 valence electrons. The first kappa shape index (κ1) is 13.2. The van der Waals surface area contributed by atoms with Gasteiger partial charge in [-0.15, -0.1) is 0 Å². The van der Waals surface area contributed by atoms with E-state index in [-0.39, 0.29) is 11.5 Å². The summed E-state index contributed by atoms with van der Waals surface area (Å²) in [5.41, 5.74) is 2.92. The Morgan fingerprint density at radius 1 is 1.00 bits per heavy atom. The molecule has 21 heavy (non-hydrogen) atoms. The van der Waals surface area contributed by atoms with Crippen molar-refractivity contribution in [2.45, 2.75) is 0 Å². The summed E-state index contributed by atoms with van der Waals surface area (Å²) in [5.74, 6) is 0.198. The number of nitrogens with zero attached hydrogens (tertiary/aromatic N) is 2. The van der Waals surface area contributed by atoms with Crippen LogP contribution < -0.4 is 4.90 Å². The summed E-state index contributed by atoms with van der Waals surface area (Å²) < 4.78 is 0. The molecular weight excluding hydrogens is 264 g/mol. The minimum Gasteiger partial charge on any atom is -0.507 e. The molecule has 0 aliphatic carbocycles. The van der Waals surface area contributed by atoms with Crippen LogP contribution in [0.25, 0.3) is 22.0 Å². The highest BCUT2D eigenvalue weighted by Crippen LogP contribution is 2.40. The van der Waals surface area contributed by atoms with Gasteiger partial charge in [-0.05, 0) is 35.9 Å². The van der Waals surface area contributed by atoms with E-state index in [1.54, 1.807) is 24.4 Å². The molecule has 0 amide bonds. The summed E-state index contributed by atoms with van der Waals surface area (Å²) in [6.45, 7) is 0. The molecule has 0 radical (unpaired) electrons. The Morgan fingerprint density at radius 3 is 2.38 bits per heavy atom. The highest BCUT2D eigenvalue weighted by Gasteiger charge is 2.13. The number of aromatic hydroxyl groups is 2. The molecule has 2 aromatic carbocycles. The largest absolute Gasteiger partial charge is 0.507 e. The van der Waals surface area contributed by atoms with Gasteiger partial charge < -0.3 is 15.1 Å². The molecule has 0 bridgehead atoms. The summed E-state index contributed by atoms with van der Waals surface area (Å²) in [4.78, 5) is 6.10. The number of pyridine rings is 1. The van der Waals surface area contributed by atoms with E-state index in [9.17, 15) is 10.2 Å². The summed E-state index contributed by atoms with van der Waals surface area (Å²) in [6.07, 6.45) is 1.59. The lowest BCUT2D eigenvalue weighted by atomic mass is 10.0. The normalized spacial score (nSPS) is 10.8. The SMILES string of the molecule is CN(C)c1ccc(-c2cc(O)c3ncccc3c2O)cc1. The molecule has 0 unspecified atom stereocenters. The Kier molecular flexibility index (Phi) is 3.14. The van der Waals surface area contributed by atoms with Crippen LogP contribution in [0.15, 0.2) is 48.7 Å². The molecule has 0 spiro atoms. The summed E-state index contributed by atoms with van der Waals surface area (Å²) in [5, 5.41) is 21.1. The van der Waals surface area contributed by atoms with E-state index in [1.165, 1.54) is 0 Å². The zero-order valence-electron chi connectivity index (χ0n) is 11.9. The molecule has 1 aromatic heterocycles. The second kappa shape index (κ2) is 4.98. The van der Waals surface area contributed by atoms with Crippen LogP contribution in [0.4, 0.5) is 5.69 Å². The number of phenols is 2. The highest BCUT2D eigenvalue weighted by molar-refractivity contribution is 5.96. The number of fused-ring (bicyclic) bond motifs is 1. The van der Waals surface area contributed by atoms with Crippen molar-refractivity contribution in [3.63, 3.8) is 0 Å². The van der Waals surface area contributed by atoms with E-state index in [4.69, 9.17) is 0 Å². The van der Waals surface area contributed by atoms with Crippen molar-refractivity contribution in [2.75, 3.05) is 19.0 Å². The summed E-state index contributed by atoms with van der Waals surface area (Å²) >= 11 is 0.